The van der Waals surface area contributed by atoms with Gasteiger partial charge in [-0.15, -0.1) is 11.3 Å². The number of thiocarbonyl (C=S) groups is 1. The Balaban J connectivity index is 1.88. The van der Waals surface area contributed by atoms with Crippen LogP contribution in [0.4, 0.5) is 0 Å². The molecule has 0 unspecified atom stereocenters. The van der Waals surface area contributed by atoms with Crippen LogP contribution >= 0.6 is 23.6 Å². The fourth-order valence-electron chi connectivity index (χ4n) is 1.60. The summed E-state index contributed by atoms with van der Waals surface area (Å²) >= 11 is 6.44. The molecule has 3 nitrogen and oxygen atoms in total. The van der Waals surface area contributed by atoms with Gasteiger partial charge in [0.25, 0.3) is 0 Å². The largest absolute Gasteiger partial charge is 0.493 e. The van der Waals surface area contributed by atoms with Crippen molar-refractivity contribution in [2.45, 2.75) is 20.3 Å². The van der Waals surface area contributed by atoms with Gasteiger partial charge < -0.3 is 10.5 Å². The molecule has 0 amide bonds. The van der Waals surface area contributed by atoms with Gasteiger partial charge in [0, 0.05) is 11.8 Å². The number of benzene rings is 1. The van der Waals surface area contributed by atoms with E-state index in [9.17, 15) is 0 Å². The van der Waals surface area contributed by atoms with Crippen LogP contribution in [0, 0.1) is 13.8 Å². The van der Waals surface area contributed by atoms with Crippen molar-refractivity contribution in [2.75, 3.05) is 6.61 Å². The first-order chi connectivity index (χ1) is 9.06. The predicted octanol–water partition coefficient (Wildman–Crippen LogP) is 3.02. The van der Waals surface area contributed by atoms with E-state index in [0.29, 0.717) is 17.3 Å². The zero-order chi connectivity index (χ0) is 13.8. The molecule has 1 aromatic carbocycles. The van der Waals surface area contributed by atoms with Crippen LogP contribution in [-0.2, 0) is 6.42 Å². The highest BCUT2D eigenvalue weighted by Gasteiger charge is 2.04. The molecule has 1 heterocycles. The SMILES string of the molecule is Cc1ccc(OCCc2nc(C(N)=S)cs2)cc1C. The van der Waals surface area contributed by atoms with Gasteiger partial charge in [0.15, 0.2) is 0 Å². The molecule has 0 aliphatic rings. The molecule has 2 aromatic rings. The highest BCUT2D eigenvalue weighted by molar-refractivity contribution is 7.80. The van der Waals surface area contributed by atoms with Gasteiger partial charge in [0.2, 0.25) is 0 Å². The van der Waals surface area contributed by atoms with Crippen LogP contribution in [0.3, 0.4) is 0 Å². The molecule has 0 spiro atoms. The molecule has 0 radical (unpaired) electrons. The van der Waals surface area contributed by atoms with Gasteiger partial charge in [-0.25, -0.2) is 4.98 Å². The quantitative estimate of drug-likeness (QED) is 0.861. The molecule has 0 saturated carbocycles. The molecule has 2 rings (SSSR count). The number of nitrogens with zero attached hydrogens (tertiary/aromatic N) is 1. The molecular formula is C14H16N2OS2. The lowest BCUT2D eigenvalue weighted by molar-refractivity contribution is 0.321. The van der Waals surface area contributed by atoms with Gasteiger partial charge in [0.1, 0.15) is 16.4 Å². The molecular weight excluding hydrogens is 276 g/mol. The average molecular weight is 292 g/mol. The van der Waals surface area contributed by atoms with Crippen molar-refractivity contribution in [3.63, 3.8) is 0 Å². The summed E-state index contributed by atoms with van der Waals surface area (Å²) < 4.78 is 5.72. The summed E-state index contributed by atoms with van der Waals surface area (Å²) in [5.74, 6) is 0.897. The molecule has 2 N–H and O–H groups in total. The molecule has 5 heteroatoms. The molecule has 0 saturated heterocycles. The second-order valence-electron chi connectivity index (χ2n) is 4.34. The maximum Gasteiger partial charge on any atom is 0.123 e. The summed E-state index contributed by atoms with van der Waals surface area (Å²) in [5.41, 5.74) is 8.73. The Labute approximate surface area is 122 Å². The zero-order valence-electron chi connectivity index (χ0n) is 11.0. The van der Waals surface area contributed by atoms with Crippen molar-refractivity contribution in [1.82, 2.24) is 4.98 Å². The van der Waals surface area contributed by atoms with Crippen molar-refractivity contribution in [2.24, 2.45) is 5.73 Å². The number of hydrogen-bond donors (Lipinski definition) is 1. The van der Waals surface area contributed by atoms with E-state index >= 15 is 0 Å². The molecule has 100 valence electrons. The zero-order valence-corrected chi connectivity index (χ0v) is 12.6. The van der Waals surface area contributed by atoms with E-state index in [4.69, 9.17) is 22.7 Å². The molecule has 0 aliphatic carbocycles. The summed E-state index contributed by atoms with van der Waals surface area (Å²) in [6.45, 7) is 4.77. The molecule has 0 atom stereocenters. The molecule has 0 fully saturated rings. The van der Waals surface area contributed by atoms with E-state index in [1.54, 1.807) is 11.3 Å². The summed E-state index contributed by atoms with van der Waals surface area (Å²) in [7, 11) is 0. The topological polar surface area (TPSA) is 48.1 Å². The monoisotopic (exact) mass is 292 g/mol. The number of rotatable bonds is 5. The predicted molar refractivity (Wildman–Crippen MR) is 83.1 cm³/mol. The number of hydrogen-bond acceptors (Lipinski definition) is 4. The van der Waals surface area contributed by atoms with E-state index in [1.807, 2.05) is 11.4 Å². The lowest BCUT2D eigenvalue weighted by Gasteiger charge is -2.07. The lowest BCUT2D eigenvalue weighted by Crippen LogP contribution is -2.10. The van der Waals surface area contributed by atoms with E-state index in [-0.39, 0.29) is 0 Å². The van der Waals surface area contributed by atoms with Gasteiger partial charge in [-0.1, -0.05) is 18.3 Å². The molecule has 0 aliphatic heterocycles. The van der Waals surface area contributed by atoms with Gasteiger partial charge in [-0.05, 0) is 37.1 Å². The second-order valence-corrected chi connectivity index (χ2v) is 5.72. The highest BCUT2D eigenvalue weighted by atomic mass is 32.1. The minimum atomic E-state index is 0.345. The van der Waals surface area contributed by atoms with Gasteiger partial charge >= 0.3 is 0 Å². The van der Waals surface area contributed by atoms with Gasteiger partial charge in [-0.2, -0.15) is 0 Å². The standard InChI is InChI=1S/C14H16N2OS2/c1-9-3-4-11(7-10(9)2)17-6-5-13-16-12(8-19-13)14(15)18/h3-4,7-8H,5-6H2,1-2H3,(H2,15,18). The minimum Gasteiger partial charge on any atom is -0.493 e. The summed E-state index contributed by atoms with van der Waals surface area (Å²) in [6.07, 6.45) is 0.764. The Morgan fingerprint density at radius 3 is 2.79 bits per heavy atom. The van der Waals surface area contributed by atoms with Crippen molar-refractivity contribution in [3.8, 4) is 5.75 Å². The summed E-state index contributed by atoms with van der Waals surface area (Å²) in [6, 6.07) is 6.11. The number of aryl methyl sites for hydroxylation is 2. The maximum atomic E-state index is 5.72. The Bertz CT molecular complexity index is 593. The van der Waals surface area contributed by atoms with Gasteiger partial charge in [0.05, 0.1) is 11.6 Å². The van der Waals surface area contributed by atoms with Crippen molar-refractivity contribution in [3.05, 3.63) is 45.4 Å². The summed E-state index contributed by atoms with van der Waals surface area (Å²) in [4.78, 5) is 4.69. The maximum absolute atomic E-state index is 5.72. The highest BCUT2D eigenvalue weighted by Crippen LogP contribution is 2.17. The van der Waals surface area contributed by atoms with Crippen LogP contribution in [0.2, 0.25) is 0 Å². The van der Waals surface area contributed by atoms with Crippen molar-refractivity contribution in [1.29, 1.82) is 0 Å². The Hall–Kier alpha value is -1.46. The molecule has 1 aromatic heterocycles. The molecule has 0 bridgehead atoms. The van der Waals surface area contributed by atoms with Crippen LogP contribution < -0.4 is 10.5 Å². The normalized spacial score (nSPS) is 10.4. The Morgan fingerprint density at radius 1 is 1.37 bits per heavy atom. The van der Waals surface area contributed by atoms with Gasteiger partial charge in [-0.3, -0.25) is 0 Å². The second kappa shape index (κ2) is 6.12. The van der Waals surface area contributed by atoms with Crippen LogP contribution in [0.1, 0.15) is 21.8 Å². The lowest BCUT2D eigenvalue weighted by atomic mass is 10.1. The van der Waals surface area contributed by atoms with E-state index in [1.165, 1.54) is 11.1 Å². The van der Waals surface area contributed by atoms with Crippen LogP contribution in [0.15, 0.2) is 23.6 Å². The first kappa shape index (κ1) is 14.0. The summed E-state index contributed by atoms with van der Waals surface area (Å²) in [5, 5.41) is 2.87. The van der Waals surface area contributed by atoms with E-state index in [2.05, 4.69) is 31.0 Å². The third-order valence-electron chi connectivity index (χ3n) is 2.87. The van der Waals surface area contributed by atoms with E-state index in [0.717, 1.165) is 17.2 Å². The third-order valence-corrected chi connectivity index (χ3v) is 3.98. The Kier molecular flexibility index (Phi) is 4.50. The van der Waals surface area contributed by atoms with Crippen LogP contribution in [0.25, 0.3) is 0 Å². The number of ether oxygens (including phenoxy) is 1. The number of thiazole rings is 1. The fourth-order valence-corrected chi connectivity index (χ4v) is 2.56. The molecule has 19 heavy (non-hydrogen) atoms. The first-order valence-corrected chi connectivity index (χ1v) is 7.29. The third kappa shape index (κ3) is 3.75. The Morgan fingerprint density at radius 2 is 2.16 bits per heavy atom. The van der Waals surface area contributed by atoms with E-state index < -0.39 is 0 Å². The van der Waals surface area contributed by atoms with Crippen LogP contribution in [-0.4, -0.2) is 16.6 Å². The van der Waals surface area contributed by atoms with Crippen LogP contribution in [0.5, 0.6) is 5.75 Å². The minimum absolute atomic E-state index is 0.345. The van der Waals surface area contributed by atoms with Crippen molar-refractivity contribution >= 4 is 28.5 Å². The number of nitrogens with two attached hydrogens (primary N) is 1. The average Bonchev–Trinajstić information content (AvgIpc) is 2.83. The smallest absolute Gasteiger partial charge is 0.123 e. The number of aromatic nitrogens is 1. The first-order valence-electron chi connectivity index (χ1n) is 6.00. The van der Waals surface area contributed by atoms with Crippen molar-refractivity contribution < 1.29 is 4.74 Å². The fraction of sp³-hybridized carbons (Fsp3) is 0.286.